The van der Waals surface area contributed by atoms with Crippen molar-refractivity contribution in [3.05, 3.63) is 42.0 Å². The minimum atomic E-state index is -3.51. The van der Waals surface area contributed by atoms with E-state index in [1.807, 2.05) is 24.1 Å². The maximum absolute atomic E-state index is 11.9. The number of nitrogens with zero attached hydrogens (tertiary/aromatic N) is 2. The summed E-state index contributed by atoms with van der Waals surface area (Å²) < 4.78 is 35.6. The van der Waals surface area contributed by atoms with Crippen molar-refractivity contribution in [1.29, 1.82) is 0 Å². The summed E-state index contributed by atoms with van der Waals surface area (Å²) in [5.74, 6) is 1.44. The van der Waals surface area contributed by atoms with Gasteiger partial charge >= 0.3 is 0 Å². The third-order valence-corrected chi connectivity index (χ3v) is 4.49. The molecule has 0 saturated heterocycles. The Morgan fingerprint density at radius 1 is 1.05 bits per heavy atom. The summed E-state index contributed by atoms with van der Waals surface area (Å²) in [6, 6.07) is 6.87. The van der Waals surface area contributed by atoms with E-state index in [2.05, 4.69) is 0 Å². The molecule has 2 rings (SSSR count). The Morgan fingerprint density at radius 2 is 1.75 bits per heavy atom. The Kier molecular flexibility index (Phi) is 4.32. The quantitative estimate of drug-likeness (QED) is 0.813. The van der Waals surface area contributed by atoms with Gasteiger partial charge in [0, 0.05) is 14.1 Å². The van der Waals surface area contributed by atoms with E-state index in [1.54, 1.807) is 12.3 Å². The molecule has 0 aromatic carbocycles. The zero-order chi connectivity index (χ0) is 14.8. The summed E-state index contributed by atoms with van der Waals surface area (Å²) in [6.07, 6.45) is 1.62. The molecule has 0 fully saturated rings. The van der Waals surface area contributed by atoms with Crippen molar-refractivity contribution in [3.8, 4) is 0 Å². The van der Waals surface area contributed by atoms with Gasteiger partial charge in [0.25, 0.3) is 10.0 Å². The van der Waals surface area contributed by atoms with Gasteiger partial charge in [0.05, 0.1) is 19.4 Å². The topological polar surface area (TPSA) is 66.9 Å². The molecule has 0 radical (unpaired) electrons. The molecule has 0 amide bonds. The summed E-state index contributed by atoms with van der Waals surface area (Å²) in [7, 11) is 1.34. The summed E-state index contributed by atoms with van der Waals surface area (Å²) in [5, 5.41) is -0.0381. The molecule has 7 heteroatoms. The smallest absolute Gasteiger partial charge is 0.275 e. The van der Waals surface area contributed by atoms with E-state index in [1.165, 1.54) is 20.2 Å². The second-order valence-corrected chi connectivity index (χ2v) is 6.84. The molecule has 0 aliphatic heterocycles. The lowest BCUT2D eigenvalue weighted by molar-refractivity contribution is 0.255. The van der Waals surface area contributed by atoms with Gasteiger partial charge in [-0.15, -0.1) is 0 Å². The third-order valence-electron chi connectivity index (χ3n) is 2.80. The molecule has 0 aliphatic carbocycles. The Hall–Kier alpha value is -1.57. The van der Waals surface area contributed by atoms with E-state index in [4.69, 9.17) is 8.83 Å². The Bertz CT molecular complexity index is 644. The number of sulfonamides is 1. The lowest BCUT2D eigenvalue weighted by Crippen LogP contribution is -2.21. The van der Waals surface area contributed by atoms with Gasteiger partial charge in [0.15, 0.2) is 0 Å². The minimum absolute atomic E-state index is 0.0381. The number of rotatable bonds is 6. The van der Waals surface area contributed by atoms with Crippen molar-refractivity contribution >= 4 is 10.0 Å². The molecule has 2 aromatic rings. The monoisotopic (exact) mass is 298 g/mol. The van der Waals surface area contributed by atoms with Crippen LogP contribution in [0.2, 0.25) is 0 Å². The average molecular weight is 298 g/mol. The summed E-state index contributed by atoms with van der Waals surface area (Å²) in [5.41, 5.74) is 0. The molecule has 6 nitrogen and oxygen atoms in total. The highest BCUT2D eigenvalue weighted by Crippen LogP contribution is 2.18. The van der Waals surface area contributed by atoms with Crippen LogP contribution in [0.3, 0.4) is 0 Å². The molecule has 0 aliphatic rings. The predicted octanol–water partition coefficient (Wildman–Crippen LogP) is 1.75. The van der Waals surface area contributed by atoms with E-state index in [9.17, 15) is 8.42 Å². The molecule has 0 bridgehead atoms. The Labute approximate surface area is 118 Å². The normalized spacial score (nSPS) is 12.4. The number of hydrogen-bond donors (Lipinski definition) is 0. The summed E-state index contributed by atoms with van der Waals surface area (Å²) >= 11 is 0. The molecule has 20 heavy (non-hydrogen) atoms. The molecular formula is C13H18N2O4S. The number of furan rings is 2. The zero-order valence-electron chi connectivity index (χ0n) is 11.7. The van der Waals surface area contributed by atoms with Gasteiger partial charge < -0.3 is 8.83 Å². The molecule has 0 atom stereocenters. The van der Waals surface area contributed by atoms with E-state index in [0.717, 1.165) is 10.1 Å². The molecule has 0 N–H and O–H groups in total. The molecule has 2 heterocycles. The predicted molar refractivity (Wildman–Crippen MR) is 73.5 cm³/mol. The van der Waals surface area contributed by atoms with Crippen LogP contribution in [0.25, 0.3) is 0 Å². The highest BCUT2D eigenvalue weighted by molar-refractivity contribution is 7.88. The van der Waals surface area contributed by atoms with Crippen LogP contribution >= 0.6 is 0 Å². The standard InChI is InChI=1S/C13H18N2O4S/c1-14(2)20(16,17)13-7-6-12(19-13)10-15(3)9-11-5-4-8-18-11/h4-8H,9-10H2,1-3H3. The molecule has 2 aromatic heterocycles. The van der Waals surface area contributed by atoms with Crippen LogP contribution in [-0.4, -0.2) is 38.8 Å². The summed E-state index contributed by atoms with van der Waals surface area (Å²) in [4.78, 5) is 1.98. The van der Waals surface area contributed by atoms with Gasteiger partial charge in [0.1, 0.15) is 11.5 Å². The molecule has 0 saturated carbocycles. The lowest BCUT2D eigenvalue weighted by Gasteiger charge is -2.13. The van der Waals surface area contributed by atoms with Crippen molar-refractivity contribution in [2.24, 2.45) is 0 Å². The van der Waals surface area contributed by atoms with Crippen LogP contribution in [0.5, 0.6) is 0 Å². The SMILES string of the molecule is CN(Cc1ccco1)Cc1ccc(S(=O)(=O)N(C)C)o1. The zero-order valence-corrected chi connectivity index (χ0v) is 12.6. The van der Waals surface area contributed by atoms with Crippen LogP contribution in [0, 0.1) is 0 Å². The maximum atomic E-state index is 11.9. The minimum Gasteiger partial charge on any atom is -0.468 e. The van der Waals surface area contributed by atoms with Gasteiger partial charge in [-0.1, -0.05) is 0 Å². The van der Waals surface area contributed by atoms with E-state index in [0.29, 0.717) is 18.8 Å². The van der Waals surface area contributed by atoms with Crippen LogP contribution in [0.4, 0.5) is 0 Å². The molecule has 110 valence electrons. The van der Waals surface area contributed by atoms with Crippen LogP contribution in [0.1, 0.15) is 11.5 Å². The molecule has 0 unspecified atom stereocenters. The van der Waals surface area contributed by atoms with Crippen molar-refractivity contribution in [2.45, 2.75) is 18.2 Å². The first-order chi connectivity index (χ1) is 9.39. The fourth-order valence-electron chi connectivity index (χ4n) is 1.75. The lowest BCUT2D eigenvalue weighted by atomic mass is 10.4. The van der Waals surface area contributed by atoms with Crippen LogP contribution in [0.15, 0.2) is 44.5 Å². The summed E-state index contributed by atoms with van der Waals surface area (Å²) in [6.45, 7) is 1.13. The van der Waals surface area contributed by atoms with E-state index in [-0.39, 0.29) is 5.09 Å². The van der Waals surface area contributed by atoms with Gasteiger partial charge in [-0.25, -0.2) is 12.7 Å². The van der Waals surface area contributed by atoms with Gasteiger partial charge in [-0.3, -0.25) is 4.90 Å². The van der Waals surface area contributed by atoms with Crippen molar-refractivity contribution in [3.63, 3.8) is 0 Å². The van der Waals surface area contributed by atoms with Gasteiger partial charge in [-0.05, 0) is 31.3 Å². The van der Waals surface area contributed by atoms with Crippen LogP contribution in [-0.2, 0) is 23.1 Å². The Morgan fingerprint density at radius 3 is 2.35 bits per heavy atom. The van der Waals surface area contributed by atoms with Crippen molar-refractivity contribution in [2.75, 3.05) is 21.1 Å². The average Bonchev–Trinajstić information content (AvgIpc) is 3.00. The highest BCUT2D eigenvalue weighted by Gasteiger charge is 2.21. The number of hydrogen-bond acceptors (Lipinski definition) is 5. The van der Waals surface area contributed by atoms with Crippen LogP contribution < -0.4 is 0 Å². The largest absolute Gasteiger partial charge is 0.468 e. The molecular weight excluding hydrogens is 280 g/mol. The van der Waals surface area contributed by atoms with E-state index >= 15 is 0 Å². The second kappa shape index (κ2) is 5.82. The third kappa shape index (κ3) is 3.30. The highest BCUT2D eigenvalue weighted by atomic mass is 32.2. The van der Waals surface area contributed by atoms with Crippen molar-refractivity contribution < 1.29 is 17.3 Å². The fourth-order valence-corrected chi connectivity index (χ4v) is 2.56. The Balaban J connectivity index is 2.03. The fraction of sp³-hybridized carbons (Fsp3) is 0.385. The van der Waals surface area contributed by atoms with E-state index < -0.39 is 10.0 Å². The van der Waals surface area contributed by atoms with Gasteiger partial charge in [-0.2, -0.15) is 0 Å². The second-order valence-electron chi connectivity index (χ2n) is 4.76. The first-order valence-electron chi connectivity index (χ1n) is 6.12. The first kappa shape index (κ1) is 14.8. The first-order valence-corrected chi connectivity index (χ1v) is 7.56. The molecule has 0 spiro atoms. The van der Waals surface area contributed by atoms with Crippen molar-refractivity contribution in [1.82, 2.24) is 9.21 Å². The maximum Gasteiger partial charge on any atom is 0.275 e. The van der Waals surface area contributed by atoms with Gasteiger partial charge in [0.2, 0.25) is 5.09 Å².